The lowest BCUT2D eigenvalue weighted by Crippen LogP contribution is -2.12. The zero-order valence-electron chi connectivity index (χ0n) is 12.6. The number of nitrogens with two attached hydrogens (primary N) is 1. The van der Waals surface area contributed by atoms with Crippen LogP contribution >= 0.6 is 0 Å². The molecule has 3 rings (SSSR count). The Bertz CT molecular complexity index is 683. The van der Waals surface area contributed by atoms with Gasteiger partial charge in [-0.1, -0.05) is 18.2 Å². The van der Waals surface area contributed by atoms with Crippen LogP contribution in [0.4, 0.5) is 17.6 Å². The molecule has 0 spiro atoms. The van der Waals surface area contributed by atoms with Crippen LogP contribution in [0.2, 0.25) is 0 Å². The third-order valence-corrected chi connectivity index (χ3v) is 3.49. The van der Waals surface area contributed by atoms with Crippen molar-refractivity contribution in [1.29, 1.82) is 0 Å². The lowest BCUT2D eigenvalue weighted by atomic mass is 9.94. The van der Waals surface area contributed by atoms with Crippen LogP contribution in [-0.2, 0) is 12.6 Å². The van der Waals surface area contributed by atoms with Gasteiger partial charge >= 0.3 is 6.18 Å². The second kappa shape index (κ2) is 7.00. The largest absolute Gasteiger partial charge is 0.493 e. The number of hydrogen-bond donors (Lipinski definition) is 1. The Labute approximate surface area is 131 Å². The van der Waals surface area contributed by atoms with Crippen LogP contribution in [0.25, 0.3) is 11.1 Å². The number of halogens is 4. The molecule has 1 heterocycles. The van der Waals surface area contributed by atoms with Crippen molar-refractivity contribution in [3.05, 3.63) is 53.3 Å². The zero-order chi connectivity index (χ0) is 17.0. The van der Waals surface area contributed by atoms with Crippen molar-refractivity contribution in [2.24, 2.45) is 5.73 Å². The number of aryl methyl sites for hydroxylation is 1. The van der Waals surface area contributed by atoms with Crippen LogP contribution < -0.4 is 10.5 Å². The van der Waals surface area contributed by atoms with E-state index in [1.807, 2.05) is 0 Å². The molecule has 0 aliphatic carbocycles. The molecule has 6 heteroatoms. The first kappa shape index (κ1) is 17.3. The van der Waals surface area contributed by atoms with Gasteiger partial charge in [-0.2, -0.15) is 13.2 Å². The van der Waals surface area contributed by atoms with Gasteiger partial charge in [-0.3, -0.25) is 0 Å². The first-order chi connectivity index (χ1) is 11.0. The van der Waals surface area contributed by atoms with Crippen molar-refractivity contribution in [3.63, 3.8) is 0 Å². The fourth-order valence-corrected chi connectivity index (χ4v) is 2.61. The van der Waals surface area contributed by atoms with E-state index in [1.54, 1.807) is 0 Å². The van der Waals surface area contributed by atoms with Gasteiger partial charge in [-0.15, -0.1) is 0 Å². The van der Waals surface area contributed by atoms with E-state index in [0.717, 1.165) is 18.6 Å². The SMILES string of the molecule is CN.Fc1cc2c(c(-c3ccccc3C(F)(F)F)c1)OCCC2. The summed E-state index contributed by atoms with van der Waals surface area (Å²) in [7, 11) is 1.50. The van der Waals surface area contributed by atoms with Crippen LogP contribution in [0, 0.1) is 5.82 Å². The quantitative estimate of drug-likeness (QED) is 0.787. The van der Waals surface area contributed by atoms with Gasteiger partial charge in [0.1, 0.15) is 11.6 Å². The second-order valence-electron chi connectivity index (χ2n) is 4.94. The molecule has 2 nitrogen and oxygen atoms in total. The predicted molar refractivity (Wildman–Crippen MR) is 80.8 cm³/mol. The van der Waals surface area contributed by atoms with Gasteiger partial charge in [-0.25, -0.2) is 4.39 Å². The molecule has 0 saturated heterocycles. The Morgan fingerprint density at radius 1 is 1.04 bits per heavy atom. The Balaban J connectivity index is 0.000000924. The minimum atomic E-state index is -4.50. The van der Waals surface area contributed by atoms with Gasteiger partial charge < -0.3 is 10.5 Å². The summed E-state index contributed by atoms with van der Waals surface area (Å²) in [5.41, 5.74) is 4.44. The lowest BCUT2D eigenvalue weighted by Gasteiger charge is -2.22. The van der Waals surface area contributed by atoms with E-state index in [9.17, 15) is 17.6 Å². The summed E-state index contributed by atoms with van der Waals surface area (Å²) in [5.74, 6) is -0.189. The number of alkyl halides is 3. The smallest absolute Gasteiger partial charge is 0.417 e. The second-order valence-corrected chi connectivity index (χ2v) is 4.94. The molecule has 0 bridgehead atoms. The number of rotatable bonds is 1. The highest BCUT2D eigenvalue weighted by atomic mass is 19.4. The molecule has 0 fully saturated rings. The van der Waals surface area contributed by atoms with Crippen LogP contribution in [0.1, 0.15) is 17.5 Å². The predicted octanol–water partition coefficient (Wildman–Crippen LogP) is 4.41. The molecule has 2 N–H and O–H groups in total. The Morgan fingerprint density at radius 2 is 1.74 bits per heavy atom. The van der Waals surface area contributed by atoms with E-state index in [1.165, 1.54) is 31.3 Å². The van der Waals surface area contributed by atoms with Crippen LogP contribution in [0.15, 0.2) is 36.4 Å². The van der Waals surface area contributed by atoms with Crippen molar-refractivity contribution >= 4 is 0 Å². The summed E-state index contributed by atoms with van der Waals surface area (Å²) in [4.78, 5) is 0. The van der Waals surface area contributed by atoms with Gasteiger partial charge in [-0.05, 0) is 49.2 Å². The van der Waals surface area contributed by atoms with Crippen molar-refractivity contribution in [2.75, 3.05) is 13.7 Å². The molecule has 23 heavy (non-hydrogen) atoms. The first-order valence-corrected chi connectivity index (χ1v) is 7.16. The van der Waals surface area contributed by atoms with Crippen molar-refractivity contribution in [2.45, 2.75) is 19.0 Å². The van der Waals surface area contributed by atoms with Crippen molar-refractivity contribution in [1.82, 2.24) is 0 Å². The lowest BCUT2D eigenvalue weighted by molar-refractivity contribution is -0.137. The third kappa shape index (κ3) is 3.64. The molecule has 2 aromatic rings. The minimum Gasteiger partial charge on any atom is -0.493 e. The molecule has 0 aromatic heterocycles. The van der Waals surface area contributed by atoms with E-state index in [0.29, 0.717) is 24.3 Å². The molecular weight excluding hydrogens is 310 g/mol. The number of fused-ring (bicyclic) bond motifs is 1. The Kier molecular flexibility index (Phi) is 5.26. The normalized spacial score (nSPS) is 13.5. The maximum Gasteiger partial charge on any atom is 0.417 e. The van der Waals surface area contributed by atoms with Gasteiger partial charge in [0.2, 0.25) is 0 Å². The van der Waals surface area contributed by atoms with Crippen LogP contribution in [0.5, 0.6) is 5.75 Å². The molecule has 1 aliphatic heterocycles. The molecule has 0 radical (unpaired) electrons. The maximum atomic E-state index is 13.7. The molecule has 0 unspecified atom stereocenters. The monoisotopic (exact) mass is 327 g/mol. The number of hydrogen-bond acceptors (Lipinski definition) is 2. The molecule has 0 amide bonds. The molecular formula is C17H17F4NO. The van der Waals surface area contributed by atoms with E-state index in [4.69, 9.17) is 4.74 Å². The van der Waals surface area contributed by atoms with Gasteiger partial charge in [0.15, 0.2) is 0 Å². The minimum absolute atomic E-state index is 0.0531. The van der Waals surface area contributed by atoms with E-state index in [-0.39, 0.29) is 11.1 Å². The van der Waals surface area contributed by atoms with Crippen molar-refractivity contribution in [3.8, 4) is 16.9 Å². The van der Waals surface area contributed by atoms with Crippen LogP contribution in [0.3, 0.4) is 0 Å². The fraction of sp³-hybridized carbons (Fsp3) is 0.294. The fourth-order valence-electron chi connectivity index (χ4n) is 2.61. The first-order valence-electron chi connectivity index (χ1n) is 7.16. The van der Waals surface area contributed by atoms with Gasteiger partial charge in [0, 0.05) is 5.56 Å². The standard InChI is InChI=1S/C16H12F4O.CH5N/c17-11-8-10-4-3-7-21-15(10)13(9-11)12-5-1-2-6-14(12)16(18,19)20;1-2/h1-2,5-6,8-9H,3-4,7H2;2H2,1H3. The van der Waals surface area contributed by atoms with Crippen molar-refractivity contribution < 1.29 is 22.3 Å². The molecule has 0 atom stereocenters. The third-order valence-electron chi connectivity index (χ3n) is 3.49. The summed E-state index contributed by atoms with van der Waals surface area (Å²) < 4.78 is 58.6. The summed E-state index contributed by atoms with van der Waals surface area (Å²) in [6.07, 6.45) is -3.16. The summed E-state index contributed by atoms with van der Waals surface area (Å²) in [5, 5.41) is 0. The van der Waals surface area contributed by atoms with Crippen LogP contribution in [-0.4, -0.2) is 13.7 Å². The summed E-state index contributed by atoms with van der Waals surface area (Å²) in [6, 6.07) is 7.60. The zero-order valence-corrected chi connectivity index (χ0v) is 12.6. The Morgan fingerprint density at radius 3 is 2.43 bits per heavy atom. The van der Waals surface area contributed by atoms with E-state index in [2.05, 4.69) is 5.73 Å². The van der Waals surface area contributed by atoms with Gasteiger partial charge in [0.25, 0.3) is 0 Å². The number of ether oxygens (including phenoxy) is 1. The van der Waals surface area contributed by atoms with E-state index < -0.39 is 17.6 Å². The molecule has 1 aliphatic rings. The molecule has 124 valence electrons. The Hall–Kier alpha value is -2.08. The van der Waals surface area contributed by atoms with E-state index >= 15 is 0 Å². The average molecular weight is 327 g/mol. The average Bonchev–Trinajstić information content (AvgIpc) is 2.55. The highest BCUT2D eigenvalue weighted by Crippen LogP contribution is 2.43. The number of benzene rings is 2. The molecule has 0 saturated carbocycles. The molecule has 2 aromatic carbocycles. The highest BCUT2D eigenvalue weighted by molar-refractivity contribution is 5.75. The van der Waals surface area contributed by atoms with Gasteiger partial charge in [0.05, 0.1) is 12.2 Å². The topological polar surface area (TPSA) is 35.2 Å². The summed E-state index contributed by atoms with van der Waals surface area (Å²) in [6.45, 7) is 0.430. The maximum absolute atomic E-state index is 13.7. The summed E-state index contributed by atoms with van der Waals surface area (Å²) >= 11 is 0. The highest BCUT2D eigenvalue weighted by Gasteiger charge is 2.34.